The molecule has 0 fully saturated rings. The number of nitro groups is 1. The molecule has 0 atom stereocenters. The highest BCUT2D eigenvalue weighted by Crippen LogP contribution is 2.20. The lowest BCUT2D eigenvalue weighted by atomic mass is 10.2. The summed E-state index contributed by atoms with van der Waals surface area (Å²) >= 11 is 0. The summed E-state index contributed by atoms with van der Waals surface area (Å²) < 4.78 is 6.38. The van der Waals surface area contributed by atoms with E-state index >= 15 is 0 Å². The minimum atomic E-state index is -0.638. The lowest BCUT2D eigenvalue weighted by Gasteiger charge is -2.07. The number of benzene rings is 1. The van der Waals surface area contributed by atoms with E-state index in [0.717, 1.165) is 5.69 Å². The van der Waals surface area contributed by atoms with Crippen LogP contribution >= 0.6 is 0 Å². The Morgan fingerprint density at radius 2 is 1.94 bits per heavy atom. The molecule has 31 heavy (non-hydrogen) atoms. The van der Waals surface area contributed by atoms with Crippen LogP contribution in [0.5, 0.6) is 0 Å². The number of aryl methyl sites for hydroxylation is 1. The van der Waals surface area contributed by atoms with Crippen LogP contribution in [0.3, 0.4) is 0 Å². The van der Waals surface area contributed by atoms with Crippen molar-refractivity contribution in [1.29, 1.82) is 0 Å². The second-order valence-electron chi connectivity index (χ2n) is 6.73. The number of rotatable bonds is 10. The fourth-order valence-electron chi connectivity index (χ4n) is 2.96. The summed E-state index contributed by atoms with van der Waals surface area (Å²) in [6, 6.07) is 9.36. The second-order valence-corrected chi connectivity index (χ2v) is 6.73. The van der Waals surface area contributed by atoms with Crippen molar-refractivity contribution in [3.8, 4) is 0 Å². The fourth-order valence-corrected chi connectivity index (χ4v) is 2.96. The summed E-state index contributed by atoms with van der Waals surface area (Å²) in [6.07, 6.45) is 2.31. The van der Waals surface area contributed by atoms with Gasteiger partial charge in [-0.3, -0.25) is 29.3 Å². The molecule has 1 aromatic carbocycles. The Balaban J connectivity index is 1.39. The van der Waals surface area contributed by atoms with Crippen LogP contribution in [0.2, 0.25) is 0 Å². The molecule has 3 aromatic rings. The number of hydrogen-bond acceptors (Lipinski definition) is 7. The van der Waals surface area contributed by atoms with Crippen molar-refractivity contribution in [3.63, 3.8) is 0 Å². The molecule has 11 heteroatoms. The van der Waals surface area contributed by atoms with E-state index in [4.69, 9.17) is 4.42 Å². The van der Waals surface area contributed by atoms with Crippen molar-refractivity contribution >= 4 is 28.6 Å². The number of carbonyl (C=O) groups is 2. The number of fused-ring (bicyclic) bond motifs is 1. The second kappa shape index (κ2) is 10.1. The Morgan fingerprint density at radius 3 is 2.68 bits per heavy atom. The van der Waals surface area contributed by atoms with Crippen LogP contribution in [0.1, 0.15) is 25.0 Å². The quantitative estimate of drug-likeness (QED) is 0.368. The van der Waals surface area contributed by atoms with E-state index in [1.807, 2.05) is 6.07 Å². The average molecular weight is 427 g/mol. The van der Waals surface area contributed by atoms with E-state index in [2.05, 4.69) is 15.6 Å². The summed E-state index contributed by atoms with van der Waals surface area (Å²) in [5, 5.41) is 16.2. The molecule has 2 aromatic heterocycles. The molecule has 2 N–H and O–H groups in total. The predicted molar refractivity (Wildman–Crippen MR) is 110 cm³/mol. The molecule has 2 heterocycles. The Kier molecular flexibility index (Phi) is 7.09. The van der Waals surface area contributed by atoms with Crippen molar-refractivity contribution in [2.45, 2.75) is 32.4 Å². The number of aromatic nitrogens is 2. The van der Waals surface area contributed by atoms with E-state index in [9.17, 15) is 24.5 Å². The van der Waals surface area contributed by atoms with Crippen molar-refractivity contribution in [1.82, 2.24) is 20.2 Å². The molecule has 3 rings (SSSR count). The Morgan fingerprint density at radius 1 is 1.13 bits per heavy atom. The SMILES string of the molecule is O=C(CCCn1c(=O)oc2cc([N+](=O)[O-])ccc21)NCCC(=O)NCc1ccccn1. The molecule has 0 aliphatic heterocycles. The molecule has 0 aliphatic rings. The first kappa shape index (κ1) is 21.7. The third-order valence-corrected chi connectivity index (χ3v) is 4.52. The van der Waals surface area contributed by atoms with Crippen LogP contribution < -0.4 is 16.4 Å². The van der Waals surface area contributed by atoms with Crippen molar-refractivity contribution in [2.75, 3.05) is 6.54 Å². The summed E-state index contributed by atoms with van der Waals surface area (Å²) in [6.45, 7) is 0.747. The Bertz CT molecular complexity index is 1140. The summed E-state index contributed by atoms with van der Waals surface area (Å²) in [5.41, 5.74) is 1.13. The van der Waals surface area contributed by atoms with E-state index in [1.54, 1.807) is 18.3 Å². The van der Waals surface area contributed by atoms with Crippen molar-refractivity contribution in [2.24, 2.45) is 0 Å². The first-order valence-electron chi connectivity index (χ1n) is 9.65. The molecule has 0 saturated heterocycles. The highest BCUT2D eigenvalue weighted by Gasteiger charge is 2.14. The molecular formula is C20H21N5O6. The van der Waals surface area contributed by atoms with Crippen LogP contribution in [0.4, 0.5) is 5.69 Å². The van der Waals surface area contributed by atoms with Crippen molar-refractivity contribution < 1.29 is 18.9 Å². The zero-order chi connectivity index (χ0) is 22.2. The first-order chi connectivity index (χ1) is 14.9. The smallest absolute Gasteiger partial charge is 0.407 e. The molecule has 162 valence electrons. The molecule has 0 saturated carbocycles. The van der Waals surface area contributed by atoms with Crippen LogP contribution in [0.25, 0.3) is 11.1 Å². The van der Waals surface area contributed by atoms with Gasteiger partial charge < -0.3 is 15.1 Å². The number of hydrogen-bond donors (Lipinski definition) is 2. The van der Waals surface area contributed by atoms with Gasteiger partial charge in [-0.2, -0.15) is 0 Å². The minimum absolute atomic E-state index is 0.125. The van der Waals surface area contributed by atoms with Gasteiger partial charge in [0.05, 0.1) is 28.7 Å². The molecule has 0 unspecified atom stereocenters. The minimum Gasteiger partial charge on any atom is -0.407 e. The monoisotopic (exact) mass is 427 g/mol. The molecule has 0 radical (unpaired) electrons. The van der Waals surface area contributed by atoms with E-state index < -0.39 is 10.7 Å². The number of carbonyl (C=O) groups excluding carboxylic acids is 2. The summed E-state index contributed by atoms with van der Waals surface area (Å²) in [5.74, 6) is -1.08. The normalized spacial score (nSPS) is 10.7. The van der Waals surface area contributed by atoms with Gasteiger partial charge in [0.25, 0.3) is 5.69 Å². The number of pyridine rings is 1. The molecular weight excluding hydrogens is 406 g/mol. The van der Waals surface area contributed by atoms with Gasteiger partial charge >= 0.3 is 5.76 Å². The number of nitro benzene ring substituents is 1. The van der Waals surface area contributed by atoms with Crippen molar-refractivity contribution in [3.05, 3.63) is 69.0 Å². The summed E-state index contributed by atoms with van der Waals surface area (Å²) in [4.78, 5) is 50.1. The maximum absolute atomic E-state index is 12.0. The number of oxazole rings is 1. The van der Waals surface area contributed by atoms with E-state index in [0.29, 0.717) is 18.5 Å². The van der Waals surface area contributed by atoms with Gasteiger partial charge in [0.15, 0.2) is 5.58 Å². The van der Waals surface area contributed by atoms with Gasteiger partial charge in [0.2, 0.25) is 11.8 Å². The average Bonchev–Trinajstić information content (AvgIpc) is 3.07. The number of amides is 2. The van der Waals surface area contributed by atoms with Crippen LogP contribution in [0.15, 0.2) is 51.8 Å². The number of non-ortho nitro benzene ring substituents is 1. The van der Waals surface area contributed by atoms with Gasteiger partial charge in [-0.05, 0) is 24.6 Å². The lowest BCUT2D eigenvalue weighted by molar-refractivity contribution is -0.384. The van der Waals surface area contributed by atoms with Gasteiger partial charge in [0.1, 0.15) is 0 Å². The Labute approximate surface area is 176 Å². The molecule has 2 amide bonds. The van der Waals surface area contributed by atoms with Crippen LogP contribution in [0, 0.1) is 10.1 Å². The van der Waals surface area contributed by atoms with Gasteiger partial charge in [-0.15, -0.1) is 0 Å². The molecule has 0 spiro atoms. The molecule has 11 nitrogen and oxygen atoms in total. The van der Waals surface area contributed by atoms with Gasteiger partial charge in [-0.25, -0.2) is 4.79 Å². The Hall–Kier alpha value is -4.02. The molecule has 0 bridgehead atoms. The maximum atomic E-state index is 12.0. The summed E-state index contributed by atoms with van der Waals surface area (Å²) in [7, 11) is 0. The largest absolute Gasteiger partial charge is 0.419 e. The van der Waals surface area contributed by atoms with E-state index in [-0.39, 0.29) is 49.0 Å². The van der Waals surface area contributed by atoms with Crippen LogP contribution in [-0.2, 0) is 22.7 Å². The number of nitrogens with one attached hydrogen (secondary N) is 2. The predicted octanol–water partition coefficient (Wildman–Crippen LogP) is 1.50. The highest BCUT2D eigenvalue weighted by atomic mass is 16.6. The van der Waals surface area contributed by atoms with Gasteiger partial charge in [0, 0.05) is 38.2 Å². The fraction of sp³-hybridized carbons (Fsp3) is 0.300. The standard InChI is InChI=1S/C20H21N5O6/c26-18(22-10-8-19(27)23-13-14-4-1-2-9-21-14)5-3-11-24-16-7-6-15(25(29)30)12-17(16)31-20(24)28/h1-2,4,6-7,9,12H,3,5,8,10-11,13H2,(H,22,26)(H,23,27). The zero-order valence-corrected chi connectivity index (χ0v) is 16.6. The highest BCUT2D eigenvalue weighted by molar-refractivity contribution is 5.79. The number of nitrogens with zero attached hydrogens (tertiary/aromatic N) is 3. The van der Waals surface area contributed by atoms with Crippen LogP contribution in [-0.4, -0.2) is 32.8 Å². The third kappa shape index (κ3) is 5.98. The maximum Gasteiger partial charge on any atom is 0.419 e. The first-order valence-corrected chi connectivity index (χ1v) is 9.65. The topological polar surface area (TPSA) is 149 Å². The third-order valence-electron chi connectivity index (χ3n) is 4.52. The molecule has 0 aliphatic carbocycles. The van der Waals surface area contributed by atoms with Gasteiger partial charge in [-0.1, -0.05) is 6.07 Å². The van der Waals surface area contributed by atoms with E-state index in [1.165, 1.54) is 22.8 Å². The zero-order valence-electron chi connectivity index (χ0n) is 16.6. The lowest BCUT2D eigenvalue weighted by Crippen LogP contribution is -2.30.